The minimum atomic E-state index is -3.38. The van der Waals surface area contributed by atoms with Gasteiger partial charge >= 0.3 is 0 Å². The van der Waals surface area contributed by atoms with Crippen LogP contribution in [0.2, 0.25) is 5.02 Å². The highest BCUT2D eigenvalue weighted by molar-refractivity contribution is 7.90. The van der Waals surface area contributed by atoms with Gasteiger partial charge in [-0.25, -0.2) is 13.4 Å². The van der Waals surface area contributed by atoms with Gasteiger partial charge in [-0.15, -0.1) is 11.3 Å². The summed E-state index contributed by atoms with van der Waals surface area (Å²) in [6.07, 6.45) is 2.51. The van der Waals surface area contributed by atoms with Gasteiger partial charge in [0.2, 0.25) is 5.13 Å². The summed E-state index contributed by atoms with van der Waals surface area (Å²) in [5.41, 5.74) is 8.59. The predicted octanol–water partition coefficient (Wildman–Crippen LogP) is 2.23. The monoisotopic (exact) mass is 330 g/mol. The van der Waals surface area contributed by atoms with Gasteiger partial charge in [0.15, 0.2) is 9.84 Å². The standard InChI is InChI=1S/C11H11ClN4O2S2/c1-20(17,18)9-4-8(12)3-2-7(9)5-14-16-11-15-10(13)6-19-11/h2-6H,13H2,1H3,(H,15,16). The van der Waals surface area contributed by atoms with Crippen molar-refractivity contribution in [3.8, 4) is 0 Å². The first-order valence-corrected chi connectivity index (χ1v) is 8.51. The van der Waals surface area contributed by atoms with E-state index < -0.39 is 9.84 Å². The maximum Gasteiger partial charge on any atom is 0.205 e. The van der Waals surface area contributed by atoms with Crippen LogP contribution in [0.5, 0.6) is 0 Å². The van der Waals surface area contributed by atoms with E-state index in [1.54, 1.807) is 17.5 Å². The first-order valence-electron chi connectivity index (χ1n) is 5.36. The van der Waals surface area contributed by atoms with Crippen LogP contribution >= 0.6 is 22.9 Å². The summed E-state index contributed by atoms with van der Waals surface area (Å²) in [5.74, 6) is 0.399. The lowest BCUT2D eigenvalue weighted by molar-refractivity contribution is 0.602. The summed E-state index contributed by atoms with van der Waals surface area (Å²) >= 11 is 7.11. The van der Waals surface area contributed by atoms with Crippen LogP contribution in [0.4, 0.5) is 10.9 Å². The van der Waals surface area contributed by atoms with Crippen molar-refractivity contribution in [3.05, 3.63) is 34.2 Å². The molecular formula is C11H11ClN4O2S2. The molecule has 0 saturated heterocycles. The van der Waals surface area contributed by atoms with Gasteiger partial charge in [0, 0.05) is 22.2 Å². The lowest BCUT2D eigenvalue weighted by atomic mass is 10.2. The van der Waals surface area contributed by atoms with Gasteiger partial charge < -0.3 is 5.73 Å². The van der Waals surface area contributed by atoms with E-state index in [0.717, 1.165) is 6.26 Å². The smallest absolute Gasteiger partial charge is 0.205 e. The lowest BCUT2D eigenvalue weighted by Crippen LogP contribution is -2.02. The maximum absolute atomic E-state index is 11.7. The van der Waals surface area contributed by atoms with Crippen molar-refractivity contribution in [1.29, 1.82) is 0 Å². The highest BCUT2D eigenvalue weighted by Gasteiger charge is 2.12. The van der Waals surface area contributed by atoms with E-state index in [1.807, 2.05) is 0 Å². The van der Waals surface area contributed by atoms with E-state index in [4.69, 9.17) is 17.3 Å². The number of sulfone groups is 1. The molecule has 0 saturated carbocycles. The number of aromatic nitrogens is 1. The van der Waals surface area contributed by atoms with Gasteiger partial charge in [-0.2, -0.15) is 5.10 Å². The zero-order valence-corrected chi connectivity index (χ0v) is 12.8. The number of rotatable bonds is 4. The summed E-state index contributed by atoms with van der Waals surface area (Å²) < 4.78 is 23.3. The summed E-state index contributed by atoms with van der Waals surface area (Å²) in [5, 5.41) is 6.48. The molecule has 0 aliphatic heterocycles. The molecule has 0 aliphatic carbocycles. The van der Waals surface area contributed by atoms with E-state index in [-0.39, 0.29) is 4.90 Å². The van der Waals surface area contributed by atoms with E-state index >= 15 is 0 Å². The van der Waals surface area contributed by atoms with Gasteiger partial charge in [0.1, 0.15) is 5.82 Å². The van der Waals surface area contributed by atoms with Crippen molar-refractivity contribution in [2.24, 2.45) is 5.10 Å². The Bertz CT molecular complexity index is 756. The number of nitrogen functional groups attached to an aromatic ring is 1. The minimum absolute atomic E-state index is 0.120. The molecule has 1 aromatic carbocycles. The third-order valence-corrected chi connectivity index (χ3v) is 4.41. The van der Waals surface area contributed by atoms with E-state index in [9.17, 15) is 8.42 Å². The Morgan fingerprint density at radius 2 is 2.25 bits per heavy atom. The fourth-order valence-electron chi connectivity index (χ4n) is 1.43. The third-order valence-electron chi connectivity index (χ3n) is 2.26. The van der Waals surface area contributed by atoms with Crippen LogP contribution < -0.4 is 11.2 Å². The Kier molecular flexibility index (Phi) is 4.26. The minimum Gasteiger partial charge on any atom is -0.383 e. The summed E-state index contributed by atoms with van der Waals surface area (Å²) in [6, 6.07) is 4.57. The number of nitrogens with two attached hydrogens (primary N) is 1. The number of thiazole rings is 1. The molecule has 1 heterocycles. The zero-order valence-electron chi connectivity index (χ0n) is 10.4. The molecular weight excluding hydrogens is 320 g/mol. The molecule has 6 nitrogen and oxygen atoms in total. The van der Waals surface area contributed by atoms with Crippen LogP contribution in [0.15, 0.2) is 33.6 Å². The summed E-state index contributed by atoms with van der Waals surface area (Å²) in [4.78, 5) is 4.08. The molecule has 2 rings (SSSR count). The Balaban J connectivity index is 2.25. The molecule has 3 N–H and O–H groups in total. The molecule has 0 amide bonds. The average Bonchev–Trinajstić information content (AvgIpc) is 2.76. The van der Waals surface area contributed by atoms with Crippen LogP contribution in [0.1, 0.15) is 5.56 Å². The van der Waals surface area contributed by atoms with Crippen molar-refractivity contribution in [3.63, 3.8) is 0 Å². The van der Waals surface area contributed by atoms with Gasteiger partial charge in [-0.05, 0) is 12.1 Å². The molecule has 0 spiro atoms. The number of hydrazone groups is 1. The molecule has 20 heavy (non-hydrogen) atoms. The largest absolute Gasteiger partial charge is 0.383 e. The number of anilines is 2. The third kappa shape index (κ3) is 3.69. The molecule has 0 aliphatic rings. The lowest BCUT2D eigenvalue weighted by Gasteiger charge is -2.04. The second kappa shape index (κ2) is 5.78. The quantitative estimate of drug-likeness (QED) is 0.661. The Labute approximate surface area is 125 Å². The van der Waals surface area contributed by atoms with Gasteiger partial charge in [-0.3, -0.25) is 5.43 Å². The molecule has 0 unspecified atom stereocenters. The van der Waals surface area contributed by atoms with E-state index in [0.29, 0.717) is 21.5 Å². The SMILES string of the molecule is CS(=O)(=O)c1cc(Cl)ccc1C=NNc1nc(N)cs1. The topological polar surface area (TPSA) is 97.4 Å². The van der Waals surface area contributed by atoms with Crippen LogP contribution in [0, 0.1) is 0 Å². The molecule has 0 fully saturated rings. The molecule has 2 aromatic rings. The number of nitrogens with one attached hydrogen (secondary N) is 1. The van der Waals surface area contributed by atoms with Crippen LogP contribution in [0.3, 0.4) is 0 Å². The summed E-state index contributed by atoms with van der Waals surface area (Å²) in [7, 11) is -3.38. The fraction of sp³-hybridized carbons (Fsp3) is 0.0909. The van der Waals surface area contributed by atoms with Crippen molar-refractivity contribution in [2.75, 3.05) is 17.4 Å². The average molecular weight is 331 g/mol. The van der Waals surface area contributed by atoms with Gasteiger partial charge in [-0.1, -0.05) is 17.7 Å². The fourth-order valence-corrected chi connectivity index (χ4v) is 3.11. The van der Waals surface area contributed by atoms with Crippen molar-refractivity contribution in [1.82, 2.24) is 4.98 Å². The van der Waals surface area contributed by atoms with E-state index in [1.165, 1.54) is 23.6 Å². The van der Waals surface area contributed by atoms with Crippen LogP contribution in [-0.2, 0) is 9.84 Å². The van der Waals surface area contributed by atoms with E-state index in [2.05, 4.69) is 15.5 Å². The van der Waals surface area contributed by atoms with Crippen molar-refractivity contribution < 1.29 is 8.42 Å². The second-order valence-electron chi connectivity index (χ2n) is 3.90. The molecule has 106 valence electrons. The molecule has 1 aromatic heterocycles. The predicted molar refractivity (Wildman–Crippen MR) is 82.3 cm³/mol. The van der Waals surface area contributed by atoms with Crippen LogP contribution in [0.25, 0.3) is 0 Å². The number of halogens is 1. The van der Waals surface area contributed by atoms with Gasteiger partial charge in [0.05, 0.1) is 11.1 Å². The first-order chi connectivity index (χ1) is 9.36. The number of hydrogen-bond acceptors (Lipinski definition) is 7. The number of hydrogen-bond donors (Lipinski definition) is 2. The molecule has 0 atom stereocenters. The second-order valence-corrected chi connectivity index (χ2v) is 7.18. The Hall–Kier alpha value is -1.64. The highest BCUT2D eigenvalue weighted by Crippen LogP contribution is 2.20. The maximum atomic E-state index is 11.7. The zero-order chi connectivity index (χ0) is 14.8. The van der Waals surface area contributed by atoms with Gasteiger partial charge in [0.25, 0.3) is 0 Å². The molecule has 9 heteroatoms. The Morgan fingerprint density at radius 1 is 1.50 bits per heavy atom. The first kappa shape index (κ1) is 14.8. The van der Waals surface area contributed by atoms with Crippen molar-refractivity contribution in [2.45, 2.75) is 4.90 Å². The highest BCUT2D eigenvalue weighted by atomic mass is 35.5. The molecule has 0 bridgehead atoms. The number of nitrogens with zero attached hydrogens (tertiary/aromatic N) is 2. The molecule has 0 radical (unpaired) electrons. The van der Waals surface area contributed by atoms with Crippen LogP contribution in [-0.4, -0.2) is 25.9 Å². The Morgan fingerprint density at radius 3 is 2.85 bits per heavy atom. The summed E-state index contributed by atoms with van der Waals surface area (Å²) in [6.45, 7) is 0. The van der Waals surface area contributed by atoms with Crippen molar-refractivity contribution >= 4 is 49.9 Å². The normalized spacial score (nSPS) is 11.9. The number of benzene rings is 1.